The van der Waals surface area contributed by atoms with Gasteiger partial charge in [-0.05, 0) is 106 Å². The first-order chi connectivity index (χ1) is 21.8. The summed E-state index contributed by atoms with van der Waals surface area (Å²) in [5.41, 5.74) is 2.52. The molecule has 4 rings (SSSR count). The molecule has 5 N–H and O–H groups in total. The Morgan fingerprint density at radius 2 is 1.82 bits per heavy atom. The number of amides is 1. The van der Waals surface area contributed by atoms with Crippen molar-refractivity contribution in [2.45, 2.75) is 103 Å². The largest absolute Gasteiger partial charge is 0.462 e. The number of nitrogens with one attached hydrogen (secondary N) is 2. The van der Waals surface area contributed by atoms with Crippen LogP contribution in [0.3, 0.4) is 0 Å². The van der Waals surface area contributed by atoms with Gasteiger partial charge in [0.2, 0.25) is 6.41 Å². The van der Waals surface area contributed by atoms with Gasteiger partial charge >= 0.3 is 5.97 Å². The maximum Gasteiger partial charge on any atom is 0.325 e. The van der Waals surface area contributed by atoms with E-state index in [0.29, 0.717) is 31.2 Å². The number of aliphatic hydroxyl groups is 3. The number of nitrogens with zero attached hydrogens (tertiary/aromatic N) is 1. The zero-order chi connectivity index (χ0) is 32.9. The van der Waals surface area contributed by atoms with Crippen LogP contribution in [0.5, 0.6) is 0 Å². The normalized spacial score (nSPS) is 24.4. The van der Waals surface area contributed by atoms with E-state index in [2.05, 4.69) is 24.5 Å². The molecule has 2 aliphatic carbocycles. The number of carbonyl (C=O) groups excluding carboxylic acids is 2. The molecular weight excluding hydrogens is 574 g/mol. The molecule has 3 aliphatic rings. The molecule has 1 aromatic rings. The van der Waals surface area contributed by atoms with E-state index in [0.717, 1.165) is 82.9 Å². The monoisotopic (exact) mass is 635 g/mol. The van der Waals surface area contributed by atoms with Crippen molar-refractivity contribution in [3.05, 3.63) is 29.8 Å². The van der Waals surface area contributed by atoms with Crippen molar-refractivity contribution in [1.29, 1.82) is 0 Å². The molecule has 258 valence electrons. The molecule has 0 spiro atoms. The number of rotatable bonds is 17. The average Bonchev–Trinajstić information content (AvgIpc) is 3.59. The van der Waals surface area contributed by atoms with Crippen molar-refractivity contribution in [3.63, 3.8) is 0 Å². The lowest BCUT2D eigenvalue weighted by molar-refractivity contribution is -0.145. The Morgan fingerprint density at radius 1 is 1.09 bits per heavy atom. The van der Waals surface area contributed by atoms with Crippen molar-refractivity contribution in [2.75, 3.05) is 58.4 Å². The first-order valence-corrected chi connectivity index (χ1v) is 17.1. The third-order valence-corrected chi connectivity index (χ3v) is 9.31. The smallest absolute Gasteiger partial charge is 0.325 e. The molecule has 1 aromatic carbocycles. The van der Waals surface area contributed by atoms with E-state index in [1.165, 1.54) is 44.1 Å². The van der Waals surface area contributed by atoms with E-state index in [4.69, 9.17) is 19.7 Å². The van der Waals surface area contributed by atoms with Gasteiger partial charge in [0.1, 0.15) is 13.2 Å². The van der Waals surface area contributed by atoms with Crippen LogP contribution in [-0.4, -0.2) is 97.9 Å². The van der Waals surface area contributed by atoms with Gasteiger partial charge in [0, 0.05) is 32.4 Å². The molecule has 0 aromatic heterocycles. The number of fused-ring (bicyclic) bond motifs is 2. The highest BCUT2D eigenvalue weighted by atomic mass is 16.6. The van der Waals surface area contributed by atoms with Crippen LogP contribution in [0.25, 0.3) is 0 Å². The van der Waals surface area contributed by atoms with Crippen LogP contribution in [0.2, 0.25) is 0 Å². The van der Waals surface area contributed by atoms with Crippen LogP contribution in [0.15, 0.2) is 24.3 Å². The lowest BCUT2D eigenvalue weighted by Crippen LogP contribution is -2.42. The van der Waals surface area contributed by atoms with Gasteiger partial charge in [0.15, 0.2) is 0 Å². The minimum atomic E-state index is -0.602. The van der Waals surface area contributed by atoms with Gasteiger partial charge in [-0.25, -0.2) is 0 Å². The van der Waals surface area contributed by atoms with Crippen molar-refractivity contribution in [2.24, 2.45) is 17.3 Å². The van der Waals surface area contributed by atoms with Gasteiger partial charge in [-0.2, -0.15) is 0 Å². The summed E-state index contributed by atoms with van der Waals surface area (Å²) in [6.07, 6.45) is 13.1. The average molecular weight is 636 g/mol. The molecule has 2 bridgehead atoms. The topological polar surface area (TPSA) is 141 Å². The second-order valence-corrected chi connectivity index (χ2v) is 13.0. The zero-order valence-corrected chi connectivity index (χ0v) is 28.1. The molecule has 0 radical (unpaired) electrons. The van der Waals surface area contributed by atoms with Gasteiger partial charge < -0.3 is 40.3 Å². The number of hydrogen-bond donors (Lipinski definition) is 5. The van der Waals surface area contributed by atoms with Crippen molar-refractivity contribution < 1.29 is 34.4 Å². The SMILES string of the molecule is CCC12CC(C)CC(CC(OCCOC(=O)CNc3ccc(CNCCCCC(O)CO)cc3)C1)C2.CO.O=CN1CCCC1. The molecule has 5 unspecified atom stereocenters. The van der Waals surface area contributed by atoms with Gasteiger partial charge in [0.25, 0.3) is 0 Å². The standard InChI is InChI=1S/C29H48N2O5.C5H9NO.CH4O/c1-3-29-16-22(2)14-24(17-29)15-27(18-29)35-12-13-36-28(34)20-31-25-9-7-23(8-10-25)19-30-11-5-4-6-26(33)21-32;7-5-6-3-1-2-4-6;1-2/h7-10,22,24,26-27,30-33H,3-6,11-21H2,1-2H3;5H,1-4H2;2H,1H3. The fourth-order valence-corrected chi connectivity index (χ4v) is 7.15. The van der Waals surface area contributed by atoms with Crippen LogP contribution in [0, 0.1) is 17.3 Å². The van der Waals surface area contributed by atoms with Gasteiger partial charge in [-0.15, -0.1) is 0 Å². The Labute approximate surface area is 271 Å². The van der Waals surface area contributed by atoms with Crippen molar-refractivity contribution in [1.82, 2.24) is 10.2 Å². The molecular formula is C35H61N3O7. The quantitative estimate of drug-likeness (QED) is 0.0972. The number of unbranched alkanes of at least 4 members (excludes halogenated alkanes) is 1. The van der Waals surface area contributed by atoms with E-state index in [1.807, 2.05) is 24.3 Å². The van der Waals surface area contributed by atoms with E-state index < -0.39 is 6.10 Å². The maximum absolute atomic E-state index is 12.1. The Hall–Kier alpha value is -2.24. The molecule has 1 aliphatic heterocycles. The zero-order valence-electron chi connectivity index (χ0n) is 28.1. The molecule has 1 amide bonds. The summed E-state index contributed by atoms with van der Waals surface area (Å²) in [6, 6.07) is 8.01. The van der Waals surface area contributed by atoms with E-state index >= 15 is 0 Å². The van der Waals surface area contributed by atoms with Crippen LogP contribution < -0.4 is 10.6 Å². The minimum Gasteiger partial charge on any atom is -0.462 e. The highest BCUT2D eigenvalue weighted by Gasteiger charge is 2.44. The van der Waals surface area contributed by atoms with Gasteiger partial charge in [0.05, 0.1) is 25.4 Å². The number of carbonyl (C=O) groups is 2. The van der Waals surface area contributed by atoms with Crippen LogP contribution in [-0.2, 0) is 25.6 Å². The number of hydrogen-bond acceptors (Lipinski definition) is 9. The molecule has 3 fully saturated rings. The first-order valence-electron chi connectivity index (χ1n) is 17.1. The van der Waals surface area contributed by atoms with E-state index in [-0.39, 0.29) is 19.1 Å². The fourth-order valence-electron chi connectivity index (χ4n) is 7.15. The molecule has 1 heterocycles. The molecule has 10 nitrogen and oxygen atoms in total. The van der Waals surface area contributed by atoms with Crippen LogP contribution in [0.1, 0.15) is 90.0 Å². The highest BCUT2D eigenvalue weighted by molar-refractivity contribution is 5.74. The Bertz CT molecular complexity index is 924. The van der Waals surface area contributed by atoms with Crippen molar-refractivity contribution in [3.8, 4) is 0 Å². The Morgan fingerprint density at radius 3 is 2.47 bits per heavy atom. The summed E-state index contributed by atoms with van der Waals surface area (Å²) in [7, 11) is 1.00. The molecule has 2 saturated carbocycles. The lowest BCUT2D eigenvalue weighted by atomic mass is 9.57. The Kier molecular flexibility index (Phi) is 19.3. The summed E-state index contributed by atoms with van der Waals surface area (Å²) < 4.78 is 11.5. The number of aliphatic hydroxyl groups excluding tert-OH is 3. The van der Waals surface area contributed by atoms with E-state index in [9.17, 15) is 14.7 Å². The predicted octanol–water partition coefficient (Wildman–Crippen LogP) is 4.11. The third kappa shape index (κ3) is 15.3. The number of esters is 1. The number of benzene rings is 1. The summed E-state index contributed by atoms with van der Waals surface area (Å²) in [4.78, 5) is 23.9. The third-order valence-electron chi connectivity index (χ3n) is 9.31. The molecule has 1 saturated heterocycles. The number of ether oxygens (including phenoxy) is 2. The van der Waals surface area contributed by atoms with Gasteiger partial charge in [-0.3, -0.25) is 9.59 Å². The summed E-state index contributed by atoms with van der Waals surface area (Å²) in [6.45, 7) is 9.07. The number of anilines is 1. The fraction of sp³-hybridized carbons (Fsp3) is 0.771. The lowest BCUT2D eigenvalue weighted by Gasteiger charge is -2.50. The second-order valence-electron chi connectivity index (χ2n) is 13.0. The van der Waals surface area contributed by atoms with Crippen LogP contribution >= 0.6 is 0 Å². The summed E-state index contributed by atoms with van der Waals surface area (Å²) in [5.74, 6) is 1.36. The molecule has 45 heavy (non-hydrogen) atoms. The first kappa shape index (κ1) is 38.9. The van der Waals surface area contributed by atoms with E-state index in [1.54, 1.807) is 4.90 Å². The molecule has 10 heteroatoms. The van der Waals surface area contributed by atoms with Crippen LogP contribution in [0.4, 0.5) is 5.69 Å². The molecule has 5 atom stereocenters. The Balaban J connectivity index is 0.000000679. The summed E-state index contributed by atoms with van der Waals surface area (Å²) >= 11 is 0. The van der Waals surface area contributed by atoms with Crippen molar-refractivity contribution >= 4 is 18.1 Å². The summed E-state index contributed by atoms with van der Waals surface area (Å²) in [5, 5.41) is 31.7. The highest BCUT2D eigenvalue weighted by Crippen LogP contribution is 2.53. The number of likely N-dealkylation sites (tertiary alicyclic amines) is 1. The second kappa shape index (κ2) is 22.3. The minimum absolute atomic E-state index is 0.139. The predicted molar refractivity (Wildman–Crippen MR) is 178 cm³/mol. The van der Waals surface area contributed by atoms with Gasteiger partial charge in [-0.1, -0.05) is 32.4 Å². The maximum atomic E-state index is 12.1.